The molecule has 2 aliphatic heterocycles. The Kier molecular flexibility index (Phi) is 13.1. The van der Waals surface area contributed by atoms with E-state index in [9.17, 15) is 0 Å². The predicted molar refractivity (Wildman–Crippen MR) is 362 cm³/mol. The summed E-state index contributed by atoms with van der Waals surface area (Å²) in [5.74, 6) is -0.305. The van der Waals surface area contributed by atoms with Gasteiger partial charge < -0.3 is 18.9 Å². The molecule has 94 heavy (non-hydrogen) atoms. The van der Waals surface area contributed by atoms with Crippen molar-refractivity contribution in [2.24, 2.45) is 0 Å². The van der Waals surface area contributed by atoms with Crippen molar-refractivity contribution >= 4 is 78.1 Å². The lowest BCUT2D eigenvalue weighted by Gasteiger charge is -2.34. The highest BCUT2D eigenvalue weighted by Crippen LogP contribution is 2.59. The minimum Gasteiger partial charge on any atom is -0.457 e. The molecule has 14 nitrogen and oxygen atoms in total. The van der Waals surface area contributed by atoms with Crippen LogP contribution in [0.5, 0.6) is 46.0 Å². The number of hydrogen-bond acceptors (Lipinski definition) is 12. The Bertz CT molecular complexity index is 4890. The van der Waals surface area contributed by atoms with Crippen LogP contribution in [0.15, 0.2) is 280 Å². The third-order valence-electron chi connectivity index (χ3n) is 17.2. The van der Waals surface area contributed by atoms with Crippen LogP contribution in [0, 0.1) is 0 Å². The van der Waals surface area contributed by atoms with Gasteiger partial charge in [-0.25, -0.2) is 9.80 Å². The van der Waals surface area contributed by atoms with Gasteiger partial charge in [0, 0.05) is 137 Å². The van der Waals surface area contributed by atoms with Crippen LogP contribution >= 0.6 is 0 Å². The lowest BCUT2D eigenvalue weighted by molar-refractivity contribution is 0.0878. The fourth-order valence-electron chi connectivity index (χ4n) is 13.3. The van der Waals surface area contributed by atoms with Crippen LogP contribution in [0.25, 0.3) is 87.6 Å². The average Bonchev–Trinajstić information content (AvgIpc) is 0.671. The number of benzene rings is 11. The number of hydrogen-bond donors (Lipinski definition) is 0. The van der Waals surface area contributed by atoms with Gasteiger partial charge in [-0.05, 0) is 97.1 Å². The molecule has 0 unspecified atom stereocenters. The molecule has 0 saturated heterocycles. The molecule has 6 heterocycles. The number of carbonyl (C=O) groups is 4. The van der Waals surface area contributed by atoms with Crippen molar-refractivity contribution in [3.05, 3.63) is 302 Å². The van der Waals surface area contributed by atoms with Gasteiger partial charge >= 0.3 is 0 Å². The van der Waals surface area contributed by atoms with Gasteiger partial charge in [0.1, 0.15) is 46.0 Å². The van der Waals surface area contributed by atoms with Gasteiger partial charge in [-0.3, -0.25) is 39.1 Å². The quantitative estimate of drug-likeness (QED) is 0.0576. The van der Waals surface area contributed by atoms with Gasteiger partial charge in [0.25, 0.3) is 23.6 Å². The summed E-state index contributed by atoms with van der Waals surface area (Å²) in [7, 11) is 0. The summed E-state index contributed by atoms with van der Waals surface area (Å²) in [6, 6.07) is 69.3. The molecule has 0 aliphatic carbocycles. The normalized spacial score (nSPS) is 12.7. The van der Waals surface area contributed by atoms with Crippen LogP contribution in [-0.4, -0.2) is 43.6 Å². The Labute approximate surface area is 536 Å². The maximum Gasteiger partial charge on any atom is 0.266 e. The van der Waals surface area contributed by atoms with Gasteiger partial charge in [0.15, 0.2) is 0 Å². The minimum atomic E-state index is -0.655. The number of rotatable bonds is 14. The van der Waals surface area contributed by atoms with Crippen LogP contribution in [0.3, 0.4) is 0 Å². The second-order valence-electron chi connectivity index (χ2n) is 22.6. The topological polar surface area (TPSA) is 163 Å². The average molecular weight is 1220 g/mol. The number of anilines is 2. The summed E-state index contributed by atoms with van der Waals surface area (Å²) < 4.78 is 28.9. The molecule has 0 saturated carbocycles. The Morgan fingerprint density at radius 2 is 0.479 bits per heavy atom. The van der Waals surface area contributed by atoms with Crippen LogP contribution in [0.4, 0.5) is 11.4 Å². The number of carbonyl (C=O) groups excluding carboxylic acids is 4. The Morgan fingerprint density at radius 1 is 0.234 bits per heavy atom. The van der Waals surface area contributed by atoms with E-state index in [0.717, 1.165) is 0 Å². The lowest BCUT2D eigenvalue weighted by atomic mass is 9.80. The second-order valence-corrected chi connectivity index (χ2v) is 22.6. The molecule has 14 heteroatoms. The first-order valence-electron chi connectivity index (χ1n) is 30.3. The molecular weight excluding hydrogens is 1170 g/mol. The second kappa shape index (κ2) is 22.4. The third-order valence-corrected chi connectivity index (χ3v) is 17.2. The van der Waals surface area contributed by atoms with Crippen molar-refractivity contribution in [1.29, 1.82) is 0 Å². The Hall–Kier alpha value is -13.2. The molecule has 4 aromatic heterocycles. The highest BCUT2D eigenvalue weighted by atomic mass is 16.5. The van der Waals surface area contributed by atoms with Crippen LogP contribution in [0.1, 0.15) is 41.4 Å². The van der Waals surface area contributed by atoms with Crippen LogP contribution in [0.2, 0.25) is 0 Å². The predicted octanol–water partition coefficient (Wildman–Crippen LogP) is 18.8. The van der Waals surface area contributed by atoms with E-state index in [1.54, 1.807) is 147 Å². The van der Waals surface area contributed by atoms with E-state index in [1.807, 2.05) is 133 Å². The molecule has 4 amide bonds. The number of nitrogens with zero attached hydrogens (tertiary/aromatic N) is 6. The number of amides is 4. The standard InChI is InChI=1S/C80H46N6O8/c87-77-59-39-63(91-51-23-5-1-6-24-51)69-70-64(92-52-25-7-2-8-26-52)40-61-68-62(80(90)86(79(61)89)76-57(49-21-17-37-83-45-49)33-14-34-58(76)50-22-18-38-84-46-50)42-66(94-54-29-11-4-12-30-54)72(74(68)70)71-65(93-53-27-9-3-10-28-53)41-60(67(59)73(69)71)78(88)85(77)75-55(47-19-15-35-81-43-47)31-13-32-56(75)48-20-16-36-82-44-48/h1-46H. The summed E-state index contributed by atoms with van der Waals surface area (Å²) in [4.78, 5) is 86.7. The van der Waals surface area contributed by atoms with Crippen molar-refractivity contribution in [2.75, 3.05) is 9.80 Å². The zero-order valence-corrected chi connectivity index (χ0v) is 49.5. The van der Waals surface area contributed by atoms with E-state index >= 15 is 19.2 Å². The summed E-state index contributed by atoms with van der Waals surface area (Å²) in [6.45, 7) is 0. The molecule has 11 aromatic carbocycles. The first-order chi connectivity index (χ1) is 46.3. The van der Waals surface area contributed by atoms with E-state index in [4.69, 9.17) is 18.9 Å². The molecule has 444 valence electrons. The number of imide groups is 2. The lowest BCUT2D eigenvalue weighted by Crippen LogP contribution is -2.41. The van der Waals surface area contributed by atoms with Gasteiger partial charge in [-0.15, -0.1) is 0 Å². The highest BCUT2D eigenvalue weighted by Gasteiger charge is 2.44. The van der Waals surface area contributed by atoms with Gasteiger partial charge in [0.2, 0.25) is 0 Å². The van der Waals surface area contributed by atoms with Crippen molar-refractivity contribution in [3.63, 3.8) is 0 Å². The third kappa shape index (κ3) is 8.95. The summed E-state index contributed by atoms with van der Waals surface area (Å²) >= 11 is 0. The summed E-state index contributed by atoms with van der Waals surface area (Å²) in [6.07, 6.45) is 13.4. The zero-order valence-electron chi connectivity index (χ0n) is 49.5. The zero-order chi connectivity index (χ0) is 63.0. The number of aromatic nitrogens is 4. The molecular formula is C80H46N6O8. The molecule has 0 fully saturated rings. The smallest absolute Gasteiger partial charge is 0.266 e. The highest BCUT2D eigenvalue weighted by molar-refractivity contribution is 6.48. The minimum absolute atomic E-state index is 0.118. The number of para-hydroxylation sites is 6. The van der Waals surface area contributed by atoms with Crippen molar-refractivity contribution in [2.45, 2.75) is 0 Å². The van der Waals surface area contributed by atoms with Gasteiger partial charge in [-0.1, -0.05) is 133 Å². The largest absolute Gasteiger partial charge is 0.457 e. The summed E-state index contributed by atoms with van der Waals surface area (Å²) in [5.41, 5.74) is 5.92. The van der Waals surface area contributed by atoms with Gasteiger partial charge in [-0.2, -0.15) is 0 Å². The number of fused-ring (bicyclic) bond motifs is 2. The molecule has 0 atom stereocenters. The SMILES string of the molecule is O=C1c2cc(Oc3ccccc3)c3c4c(Oc5ccccc5)cc5c6c(cc(Oc7ccccc7)c(c7c(Oc8ccccc8)cc(c2c37)C(=O)N1c1c(-c2cccnc2)cccc1-c1cccnc1)c64)C(=O)N(c1c(-c2cccnc2)cccc1-c1cccnc1)C5=O. The van der Waals surface area contributed by atoms with Crippen molar-refractivity contribution in [1.82, 2.24) is 19.9 Å². The first-order valence-corrected chi connectivity index (χ1v) is 30.3. The molecule has 2 aliphatic rings. The molecule has 0 radical (unpaired) electrons. The molecule has 0 bridgehead atoms. The molecule has 0 N–H and O–H groups in total. The van der Waals surface area contributed by atoms with Gasteiger partial charge in [0.05, 0.1) is 33.6 Å². The van der Waals surface area contributed by atoms with Crippen LogP contribution < -0.4 is 28.7 Å². The molecule has 15 aromatic rings. The number of pyridine rings is 4. The molecule has 17 rings (SSSR count). The van der Waals surface area contributed by atoms with E-state index in [0.29, 0.717) is 111 Å². The Balaban J connectivity index is 1.04. The summed E-state index contributed by atoms with van der Waals surface area (Å²) in [5, 5.41) is 2.78. The van der Waals surface area contributed by atoms with Crippen molar-refractivity contribution in [3.8, 4) is 90.5 Å². The maximum absolute atomic E-state index is 16.6. The van der Waals surface area contributed by atoms with E-state index in [1.165, 1.54) is 9.80 Å². The fraction of sp³-hybridized carbons (Fsp3) is 0. The molecule has 0 spiro atoms. The first kappa shape index (κ1) is 54.9. The monoisotopic (exact) mass is 1220 g/mol. The maximum atomic E-state index is 16.6. The fourth-order valence-corrected chi connectivity index (χ4v) is 13.3. The van der Waals surface area contributed by atoms with E-state index in [-0.39, 0.29) is 56.0 Å². The van der Waals surface area contributed by atoms with E-state index < -0.39 is 23.6 Å². The van der Waals surface area contributed by atoms with E-state index in [2.05, 4.69) is 19.9 Å². The number of ether oxygens (including phenoxy) is 4. The van der Waals surface area contributed by atoms with Crippen molar-refractivity contribution < 1.29 is 38.1 Å². The Morgan fingerprint density at radius 3 is 0.702 bits per heavy atom. The van der Waals surface area contributed by atoms with Crippen LogP contribution in [-0.2, 0) is 0 Å².